The van der Waals surface area contributed by atoms with Gasteiger partial charge in [-0.25, -0.2) is 9.97 Å². The van der Waals surface area contributed by atoms with Crippen molar-refractivity contribution in [2.75, 3.05) is 57.0 Å². The van der Waals surface area contributed by atoms with Gasteiger partial charge in [0.25, 0.3) is 0 Å². The summed E-state index contributed by atoms with van der Waals surface area (Å²) >= 11 is 0. The van der Waals surface area contributed by atoms with Crippen molar-refractivity contribution >= 4 is 63.4 Å². The lowest BCUT2D eigenvalue weighted by Gasteiger charge is -2.21. The molecule has 0 amide bonds. The normalized spacial score (nSPS) is 12.0. The summed E-state index contributed by atoms with van der Waals surface area (Å²) < 4.78 is 26.5. The maximum atomic E-state index is 7.18. The van der Waals surface area contributed by atoms with Gasteiger partial charge in [0.15, 0.2) is 0 Å². The van der Waals surface area contributed by atoms with Crippen LogP contribution in [0.15, 0.2) is 194 Å². The second kappa shape index (κ2) is 26.8. The number of aromatic amines is 2. The minimum atomic E-state index is 0.0691. The highest BCUT2D eigenvalue weighted by molar-refractivity contribution is 6.00. The Hall–Kier alpha value is -10.3. The molecule has 10 aromatic rings. The van der Waals surface area contributed by atoms with E-state index in [9.17, 15) is 0 Å². The number of fused-ring (bicyclic) bond motifs is 8. The Labute approximate surface area is 523 Å². The summed E-state index contributed by atoms with van der Waals surface area (Å²) in [6, 6.07) is 66.3. The summed E-state index contributed by atoms with van der Waals surface area (Å²) in [6.07, 6.45) is 16.3. The Morgan fingerprint density at radius 2 is 0.685 bits per heavy atom. The van der Waals surface area contributed by atoms with E-state index in [1.165, 1.54) is 19.3 Å². The Morgan fingerprint density at radius 1 is 0.348 bits per heavy atom. The number of ether oxygens (including phenoxy) is 4. The second-order valence-corrected chi connectivity index (χ2v) is 23.4. The first-order valence-corrected chi connectivity index (χ1v) is 31.0. The van der Waals surface area contributed by atoms with Gasteiger partial charge < -0.3 is 43.6 Å². The van der Waals surface area contributed by atoms with Gasteiger partial charge in [0.2, 0.25) is 0 Å². The summed E-state index contributed by atoms with van der Waals surface area (Å²) in [5.41, 5.74) is 17.6. The van der Waals surface area contributed by atoms with E-state index in [1.54, 1.807) is 0 Å². The van der Waals surface area contributed by atoms with Crippen LogP contribution < -0.4 is 33.6 Å². The first-order chi connectivity index (χ1) is 43.4. The molecular formula is C78H77N7O4. The largest absolute Gasteiger partial charge is 0.490 e. The standard InChI is InChI=1S/C78H77N7O4/c1-9-11-12-13-17-58(16-10-2)89-74-19-15-14-18-65(74)78-72-50-48-70(81-72)76(53-22-34-60(35-23-53)87-63-40-28-56(29-41-63)84(5)6)68-46-44-66(79-68)75(52-20-32-59(33-21-52)86-62-38-26-55(27-39-62)83(3)4)67-45-47-69(80-67)77(71-49-51-73(78)82-71)54-24-36-61(37-25-54)88-64-42-30-57(31-43-64)85(7)8/h14-15,18-51,58,79,82H,9-13,16-17H2,1-8H3. The van der Waals surface area contributed by atoms with Crippen LogP contribution >= 0.6 is 0 Å². The Kier molecular flexibility index (Phi) is 17.8. The molecule has 2 aliphatic heterocycles. The van der Waals surface area contributed by atoms with Crippen LogP contribution in [0.1, 0.15) is 81.6 Å². The van der Waals surface area contributed by atoms with Crippen LogP contribution in [0.4, 0.5) is 17.1 Å². The van der Waals surface area contributed by atoms with Gasteiger partial charge in [-0.15, -0.1) is 0 Å². The predicted molar refractivity (Wildman–Crippen MR) is 371 cm³/mol. The van der Waals surface area contributed by atoms with E-state index in [0.717, 1.165) is 172 Å². The van der Waals surface area contributed by atoms with Gasteiger partial charge in [-0.05, 0) is 200 Å². The zero-order valence-corrected chi connectivity index (χ0v) is 52.2. The van der Waals surface area contributed by atoms with Crippen molar-refractivity contribution in [3.63, 3.8) is 0 Å². The SMILES string of the molecule is CCCCCCC(CCC)Oc1ccccc1-c1c2nc(c(-c3ccc(Oc4ccc(N(C)C)cc4)cc3)c3ccc([nH]3)c(-c3ccc(Oc4ccc(N(C)C)cc4)cc3)c3nc(c(-c4ccc(Oc5ccc(N(C)C)cc5)cc4)c4ccc1[nH]4)C=C3)C=C2. The minimum absolute atomic E-state index is 0.0691. The molecule has 2 aliphatic rings. The molecule has 0 saturated heterocycles. The van der Waals surface area contributed by atoms with Crippen molar-refractivity contribution in [3.8, 4) is 84.8 Å². The molecule has 448 valence electrons. The van der Waals surface area contributed by atoms with E-state index in [1.807, 2.05) is 115 Å². The number of unbranched alkanes of at least 4 members (excludes halogenated alkanes) is 3. The van der Waals surface area contributed by atoms with Crippen LogP contribution in [0.25, 0.3) is 90.9 Å². The predicted octanol–water partition coefficient (Wildman–Crippen LogP) is 20.4. The fourth-order valence-corrected chi connectivity index (χ4v) is 11.7. The summed E-state index contributed by atoms with van der Waals surface area (Å²) in [5, 5.41) is 0. The fourth-order valence-electron chi connectivity index (χ4n) is 11.7. The van der Waals surface area contributed by atoms with E-state index in [-0.39, 0.29) is 6.10 Å². The Morgan fingerprint density at radius 3 is 1.03 bits per heavy atom. The number of nitrogens with one attached hydrogen (secondary N) is 2. The molecule has 7 aromatic carbocycles. The van der Waals surface area contributed by atoms with Crippen molar-refractivity contribution < 1.29 is 18.9 Å². The first-order valence-electron chi connectivity index (χ1n) is 31.0. The molecule has 0 radical (unpaired) electrons. The van der Waals surface area contributed by atoms with Crippen molar-refractivity contribution in [2.45, 2.75) is 64.9 Å². The number of nitrogens with zero attached hydrogens (tertiary/aromatic N) is 5. The van der Waals surface area contributed by atoms with Crippen molar-refractivity contribution in [3.05, 3.63) is 217 Å². The zero-order valence-electron chi connectivity index (χ0n) is 52.2. The molecule has 0 saturated carbocycles. The van der Waals surface area contributed by atoms with Crippen LogP contribution in [-0.2, 0) is 0 Å². The van der Waals surface area contributed by atoms with Crippen LogP contribution in [0.3, 0.4) is 0 Å². The lowest BCUT2D eigenvalue weighted by Crippen LogP contribution is -2.16. The maximum absolute atomic E-state index is 7.18. The maximum Gasteiger partial charge on any atom is 0.127 e. The quantitative estimate of drug-likeness (QED) is 0.0642. The van der Waals surface area contributed by atoms with Gasteiger partial charge >= 0.3 is 0 Å². The highest BCUT2D eigenvalue weighted by atomic mass is 16.5. The molecule has 0 fully saturated rings. The van der Waals surface area contributed by atoms with E-state index in [0.29, 0.717) is 0 Å². The molecule has 3 aromatic heterocycles. The van der Waals surface area contributed by atoms with Crippen LogP contribution in [0.5, 0.6) is 40.2 Å². The number of H-pyrrole nitrogens is 2. The molecule has 1 atom stereocenters. The molecule has 0 aliphatic carbocycles. The molecule has 89 heavy (non-hydrogen) atoms. The van der Waals surface area contributed by atoms with Crippen molar-refractivity contribution in [1.82, 2.24) is 19.9 Å². The van der Waals surface area contributed by atoms with Gasteiger partial charge in [-0.2, -0.15) is 0 Å². The van der Waals surface area contributed by atoms with Gasteiger partial charge in [0.1, 0.15) is 40.2 Å². The van der Waals surface area contributed by atoms with Gasteiger partial charge in [-0.3, -0.25) is 0 Å². The molecule has 11 heteroatoms. The smallest absolute Gasteiger partial charge is 0.127 e. The lowest BCUT2D eigenvalue weighted by molar-refractivity contribution is 0.176. The molecular weight excluding hydrogens is 1100 g/mol. The van der Waals surface area contributed by atoms with Gasteiger partial charge in [-0.1, -0.05) is 94.1 Å². The number of rotatable bonds is 22. The summed E-state index contributed by atoms with van der Waals surface area (Å²) in [5.74, 6) is 5.28. The van der Waals surface area contributed by atoms with E-state index < -0.39 is 0 Å². The van der Waals surface area contributed by atoms with Crippen LogP contribution in [-0.4, -0.2) is 68.3 Å². The molecule has 8 bridgehead atoms. The van der Waals surface area contributed by atoms with E-state index in [4.69, 9.17) is 28.9 Å². The molecule has 11 nitrogen and oxygen atoms in total. The monoisotopic (exact) mass is 1180 g/mol. The van der Waals surface area contributed by atoms with Crippen molar-refractivity contribution in [1.29, 1.82) is 0 Å². The number of benzene rings is 7. The van der Waals surface area contributed by atoms with Crippen LogP contribution in [0, 0.1) is 0 Å². The Balaban J connectivity index is 1.07. The number of hydrogen-bond acceptors (Lipinski definition) is 9. The fraction of sp³-hybridized carbons (Fsp3) is 0.205. The van der Waals surface area contributed by atoms with Crippen molar-refractivity contribution in [2.24, 2.45) is 0 Å². The first kappa shape index (κ1) is 59.1. The Bertz CT molecular complexity index is 4220. The third-order valence-corrected chi connectivity index (χ3v) is 16.4. The number of hydrogen-bond donors (Lipinski definition) is 2. The van der Waals surface area contributed by atoms with E-state index in [2.05, 4.69) is 184 Å². The number of aromatic nitrogens is 4. The van der Waals surface area contributed by atoms with Gasteiger partial charge in [0, 0.05) is 109 Å². The molecule has 1 unspecified atom stereocenters. The molecule has 2 N–H and O–H groups in total. The number of anilines is 3. The number of para-hydroxylation sites is 1. The summed E-state index contributed by atoms with van der Waals surface area (Å²) in [6.45, 7) is 4.51. The average Bonchev–Trinajstić information content (AvgIpc) is 1.99. The minimum Gasteiger partial charge on any atom is -0.490 e. The summed E-state index contributed by atoms with van der Waals surface area (Å²) in [4.78, 5) is 25.4. The zero-order chi connectivity index (χ0) is 61.4. The average molecular weight is 1180 g/mol. The molecule has 12 rings (SSSR count). The molecule has 0 spiro atoms. The second-order valence-electron chi connectivity index (χ2n) is 23.4. The third kappa shape index (κ3) is 13.5. The summed E-state index contributed by atoms with van der Waals surface area (Å²) in [7, 11) is 12.2. The lowest BCUT2D eigenvalue weighted by atomic mass is 10.0. The van der Waals surface area contributed by atoms with E-state index >= 15 is 0 Å². The highest BCUT2D eigenvalue weighted by Crippen LogP contribution is 2.42. The topological polar surface area (TPSA) is 104 Å². The highest BCUT2D eigenvalue weighted by Gasteiger charge is 2.22. The molecule has 5 heterocycles. The van der Waals surface area contributed by atoms with Gasteiger partial charge in [0.05, 0.1) is 28.9 Å². The van der Waals surface area contributed by atoms with Crippen LogP contribution in [0.2, 0.25) is 0 Å². The third-order valence-electron chi connectivity index (χ3n) is 16.4.